The van der Waals surface area contributed by atoms with Gasteiger partial charge in [0.15, 0.2) is 0 Å². The molecule has 5 rings (SSSR count). The smallest absolute Gasteiger partial charge is 0.259 e. The number of nitrogens with one attached hydrogen (secondary N) is 1. The maximum Gasteiger partial charge on any atom is 0.259 e. The van der Waals surface area contributed by atoms with E-state index in [-0.39, 0.29) is 5.91 Å². The Morgan fingerprint density at radius 1 is 1.00 bits per heavy atom. The second-order valence-electron chi connectivity index (χ2n) is 7.64. The minimum Gasteiger partial charge on any atom is -0.335 e. The molecule has 7 heteroatoms. The van der Waals surface area contributed by atoms with Crippen LogP contribution in [0.1, 0.15) is 27.3 Å². The van der Waals surface area contributed by atoms with E-state index in [1.807, 2.05) is 73.7 Å². The molecule has 0 radical (unpaired) electrons. The summed E-state index contributed by atoms with van der Waals surface area (Å²) >= 11 is 0. The molecule has 0 atom stereocenters. The molecule has 3 aromatic heterocycles. The van der Waals surface area contributed by atoms with E-state index in [2.05, 4.69) is 20.6 Å². The van der Waals surface area contributed by atoms with E-state index in [0.29, 0.717) is 40.4 Å². The summed E-state index contributed by atoms with van der Waals surface area (Å²) in [5, 5.41) is 12.2. The summed E-state index contributed by atoms with van der Waals surface area (Å²) in [4.78, 5) is 18.0. The second kappa shape index (κ2) is 8.11. The van der Waals surface area contributed by atoms with Gasteiger partial charge in [-0.15, -0.1) is 0 Å². The number of aryl methyl sites for hydroxylation is 2. The molecule has 3 heterocycles. The Bertz CT molecular complexity index is 1400. The molecule has 1 N–H and O–H groups in total. The zero-order valence-electron chi connectivity index (χ0n) is 17.7. The average molecular weight is 423 g/mol. The van der Waals surface area contributed by atoms with Crippen molar-refractivity contribution in [2.45, 2.75) is 20.4 Å². The third-order valence-electron chi connectivity index (χ3n) is 5.25. The predicted octanol–water partition coefficient (Wildman–Crippen LogP) is 5.00. The van der Waals surface area contributed by atoms with Crippen LogP contribution in [0.25, 0.3) is 22.4 Å². The highest BCUT2D eigenvalue weighted by atomic mass is 16.5. The van der Waals surface area contributed by atoms with Crippen LogP contribution in [0, 0.1) is 13.8 Å². The SMILES string of the molecule is Cc1cc(NC(=O)c2cc(-c3ccccc3)nc3onc(C)c23)n(Cc2ccccc2)n1. The van der Waals surface area contributed by atoms with E-state index >= 15 is 0 Å². The van der Waals surface area contributed by atoms with Gasteiger partial charge >= 0.3 is 0 Å². The molecule has 0 spiro atoms. The van der Waals surface area contributed by atoms with Crippen LogP contribution < -0.4 is 5.32 Å². The molecule has 0 bridgehead atoms. The molecule has 0 unspecified atom stereocenters. The molecule has 158 valence electrons. The van der Waals surface area contributed by atoms with Gasteiger partial charge in [0.1, 0.15) is 5.82 Å². The number of benzene rings is 2. The number of carbonyl (C=O) groups is 1. The first-order valence-electron chi connectivity index (χ1n) is 10.3. The second-order valence-corrected chi connectivity index (χ2v) is 7.64. The number of aromatic nitrogens is 4. The lowest BCUT2D eigenvalue weighted by atomic mass is 10.1. The molecule has 7 nitrogen and oxygen atoms in total. The van der Waals surface area contributed by atoms with Crippen molar-refractivity contribution in [2.24, 2.45) is 0 Å². The van der Waals surface area contributed by atoms with E-state index in [1.54, 1.807) is 17.7 Å². The largest absolute Gasteiger partial charge is 0.335 e. The Kier molecular flexibility index (Phi) is 4.99. The van der Waals surface area contributed by atoms with Crippen LogP contribution in [0.3, 0.4) is 0 Å². The van der Waals surface area contributed by atoms with Gasteiger partial charge < -0.3 is 9.84 Å². The van der Waals surface area contributed by atoms with Gasteiger partial charge in [-0.25, -0.2) is 9.67 Å². The van der Waals surface area contributed by atoms with Crippen LogP contribution in [-0.2, 0) is 6.54 Å². The summed E-state index contributed by atoms with van der Waals surface area (Å²) in [5.41, 5.74) is 4.86. The van der Waals surface area contributed by atoms with Crippen molar-refractivity contribution in [3.05, 3.63) is 95.3 Å². The van der Waals surface area contributed by atoms with Crippen LogP contribution in [0.5, 0.6) is 0 Å². The van der Waals surface area contributed by atoms with Gasteiger partial charge in [0.05, 0.1) is 34.6 Å². The highest BCUT2D eigenvalue weighted by molar-refractivity contribution is 6.12. The van der Waals surface area contributed by atoms with Crippen LogP contribution >= 0.6 is 0 Å². The number of carbonyl (C=O) groups excluding carboxylic acids is 1. The van der Waals surface area contributed by atoms with Crippen molar-refractivity contribution in [2.75, 3.05) is 5.32 Å². The van der Waals surface area contributed by atoms with Gasteiger partial charge in [-0.2, -0.15) is 5.10 Å². The summed E-state index contributed by atoms with van der Waals surface area (Å²) in [6, 6.07) is 23.3. The highest BCUT2D eigenvalue weighted by Crippen LogP contribution is 2.28. The van der Waals surface area contributed by atoms with Gasteiger partial charge in [-0.3, -0.25) is 4.79 Å². The third-order valence-corrected chi connectivity index (χ3v) is 5.25. The normalized spacial score (nSPS) is 11.1. The average Bonchev–Trinajstić information content (AvgIpc) is 3.36. The molecule has 0 saturated heterocycles. The third kappa shape index (κ3) is 3.76. The fraction of sp³-hybridized carbons (Fsp3) is 0.120. The number of hydrogen-bond acceptors (Lipinski definition) is 5. The van der Waals surface area contributed by atoms with Crippen molar-refractivity contribution in [1.29, 1.82) is 0 Å². The van der Waals surface area contributed by atoms with Crippen molar-refractivity contribution in [3.63, 3.8) is 0 Å². The fourth-order valence-corrected chi connectivity index (χ4v) is 3.74. The van der Waals surface area contributed by atoms with Crippen molar-refractivity contribution >= 4 is 22.8 Å². The molecule has 2 aromatic carbocycles. The quantitative estimate of drug-likeness (QED) is 0.430. The first kappa shape index (κ1) is 19.7. The first-order chi connectivity index (χ1) is 15.6. The predicted molar refractivity (Wildman–Crippen MR) is 122 cm³/mol. The topological polar surface area (TPSA) is 85.8 Å². The van der Waals surface area contributed by atoms with Crippen LogP contribution in [0.4, 0.5) is 5.82 Å². The maximum atomic E-state index is 13.4. The Labute approximate surface area is 184 Å². The van der Waals surface area contributed by atoms with E-state index in [0.717, 1.165) is 16.8 Å². The molecule has 0 aliphatic rings. The summed E-state index contributed by atoms with van der Waals surface area (Å²) in [5.74, 6) is 0.353. The van der Waals surface area contributed by atoms with Crippen LogP contribution in [0.2, 0.25) is 0 Å². The van der Waals surface area contributed by atoms with Crippen molar-refractivity contribution in [3.8, 4) is 11.3 Å². The van der Waals surface area contributed by atoms with Gasteiger partial charge in [-0.05, 0) is 25.5 Å². The van der Waals surface area contributed by atoms with E-state index < -0.39 is 0 Å². The number of pyridine rings is 1. The van der Waals surface area contributed by atoms with Crippen molar-refractivity contribution in [1.82, 2.24) is 19.9 Å². The number of anilines is 1. The molecule has 0 aliphatic heterocycles. The Morgan fingerprint density at radius 2 is 1.72 bits per heavy atom. The lowest BCUT2D eigenvalue weighted by Gasteiger charge is -2.11. The fourth-order valence-electron chi connectivity index (χ4n) is 3.74. The van der Waals surface area contributed by atoms with Crippen LogP contribution in [-0.4, -0.2) is 25.8 Å². The van der Waals surface area contributed by atoms with Crippen molar-refractivity contribution < 1.29 is 9.32 Å². The number of amides is 1. The Morgan fingerprint density at radius 3 is 2.47 bits per heavy atom. The number of rotatable bonds is 5. The summed E-state index contributed by atoms with van der Waals surface area (Å²) in [6.45, 7) is 4.26. The number of hydrogen-bond donors (Lipinski definition) is 1. The Hall–Kier alpha value is -4.26. The van der Waals surface area contributed by atoms with E-state index in [4.69, 9.17) is 4.52 Å². The van der Waals surface area contributed by atoms with E-state index in [1.165, 1.54) is 0 Å². The molecule has 0 aliphatic carbocycles. The molecule has 0 saturated carbocycles. The van der Waals surface area contributed by atoms with Gasteiger partial charge in [-0.1, -0.05) is 65.8 Å². The highest BCUT2D eigenvalue weighted by Gasteiger charge is 2.21. The zero-order valence-corrected chi connectivity index (χ0v) is 17.7. The molecular weight excluding hydrogens is 402 g/mol. The van der Waals surface area contributed by atoms with Gasteiger partial charge in [0.25, 0.3) is 11.6 Å². The number of fused-ring (bicyclic) bond motifs is 1. The lowest BCUT2D eigenvalue weighted by molar-refractivity contribution is 0.102. The molecule has 5 aromatic rings. The van der Waals surface area contributed by atoms with E-state index in [9.17, 15) is 4.79 Å². The lowest BCUT2D eigenvalue weighted by Crippen LogP contribution is -2.17. The molecule has 32 heavy (non-hydrogen) atoms. The minimum atomic E-state index is -0.268. The van der Waals surface area contributed by atoms with Gasteiger partial charge in [0, 0.05) is 11.6 Å². The summed E-state index contributed by atoms with van der Waals surface area (Å²) in [7, 11) is 0. The zero-order chi connectivity index (χ0) is 22.1. The molecule has 1 amide bonds. The number of nitrogens with zero attached hydrogens (tertiary/aromatic N) is 4. The minimum absolute atomic E-state index is 0.268. The van der Waals surface area contributed by atoms with Gasteiger partial charge in [0.2, 0.25) is 0 Å². The molecular formula is C25H21N5O2. The maximum absolute atomic E-state index is 13.4. The first-order valence-corrected chi connectivity index (χ1v) is 10.3. The monoisotopic (exact) mass is 423 g/mol. The summed E-state index contributed by atoms with van der Waals surface area (Å²) in [6.07, 6.45) is 0. The Balaban J connectivity index is 1.53. The standard InChI is InChI=1S/C25H21N5O2/c1-16-13-22(30(28-16)15-18-9-5-3-6-10-18)27-24(31)20-14-21(19-11-7-4-8-12-19)26-25-23(20)17(2)29-32-25/h3-14H,15H2,1-2H3,(H,27,31). The van der Waals surface area contributed by atoms with Crippen LogP contribution in [0.15, 0.2) is 77.3 Å². The summed E-state index contributed by atoms with van der Waals surface area (Å²) < 4.78 is 7.19. The molecule has 0 fully saturated rings.